The molecule has 4 aromatic carbocycles. The molecule has 0 spiro atoms. The van der Waals surface area contributed by atoms with Gasteiger partial charge in [-0.2, -0.15) is 0 Å². The fraction of sp³-hybridized carbons (Fsp3) is 0.250. The third-order valence-electron chi connectivity index (χ3n) is 7.19. The van der Waals surface area contributed by atoms with Crippen LogP contribution < -0.4 is 15.9 Å². The van der Waals surface area contributed by atoms with Gasteiger partial charge in [0.15, 0.2) is 5.12 Å². The van der Waals surface area contributed by atoms with E-state index in [0.717, 1.165) is 32.9 Å². The van der Waals surface area contributed by atoms with Crippen LogP contribution in [0.3, 0.4) is 0 Å². The molecule has 1 aliphatic rings. The maximum Gasteiger partial charge on any atom is 0.407 e. The minimum Gasteiger partial charge on any atom is -0.458 e. The molecule has 0 radical (unpaired) electrons. The van der Waals surface area contributed by atoms with Crippen molar-refractivity contribution in [3.05, 3.63) is 120 Å². The number of carbonyl (C=O) groups excluding carboxylic acids is 3. The van der Waals surface area contributed by atoms with Gasteiger partial charge in [0.2, 0.25) is 0 Å². The first-order chi connectivity index (χ1) is 21.2. The molecule has 0 aromatic heterocycles. The highest BCUT2D eigenvalue weighted by Gasteiger charge is 2.32. The third kappa shape index (κ3) is 7.96. The Morgan fingerprint density at radius 3 is 1.80 bits per heavy atom. The molecular formula is C36H36NO5PS. The van der Waals surface area contributed by atoms with Gasteiger partial charge in [-0.3, -0.25) is 4.79 Å². The largest absolute Gasteiger partial charge is 0.458 e. The van der Waals surface area contributed by atoms with Crippen molar-refractivity contribution in [2.75, 3.05) is 12.1 Å². The van der Waals surface area contributed by atoms with Crippen molar-refractivity contribution in [3.63, 3.8) is 0 Å². The highest BCUT2D eigenvalue weighted by atomic mass is 32.2. The van der Waals surface area contributed by atoms with Gasteiger partial charge in [0, 0.05) is 17.8 Å². The van der Waals surface area contributed by atoms with E-state index >= 15 is 0 Å². The molecule has 4 aromatic rings. The lowest BCUT2D eigenvalue weighted by atomic mass is 9.98. The number of ether oxygens (including phenoxy) is 2. The predicted octanol–water partition coefficient (Wildman–Crippen LogP) is 6.98. The van der Waals surface area contributed by atoms with Crippen LogP contribution in [-0.2, 0) is 19.1 Å². The van der Waals surface area contributed by atoms with Gasteiger partial charge < -0.3 is 14.8 Å². The molecule has 1 aliphatic carbocycles. The van der Waals surface area contributed by atoms with Crippen molar-refractivity contribution in [1.82, 2.24) is 5.32 Å². The van der Waals surface area contributed by atoms with Crippen LogP contribution in [0.15, 0.2) is 109 Å². The molecule has 0 saturated heterocycles. The Kier molecular flexibility index (Phi) is 10.2. The quantitative estimate of drug-likeness (QED) is 0.151. The summed E-state index contributed by atoms with van der Waals surface area (Å²) in [4.78, 5) is 39.5. The van der Waals surface area contributed by atoms with Crippen LogP contribution in [0.1, 0.15) is 44.2 Å². The molecule has 6 nitrogen and oxygen atoms in total. The van der Waals surface area contributed by atoms with Crippen molar-refractivity contribution < 1.29 is 23.9 Å². The summed E-state index contributed by atoms with van der Waals surface area (Å²) >= 11 is 1.17. The average molecular weight is 626 g/mol. The summed E-state index contributed by atoms with van der Waals surface area (Å²) in [5, 5.41) is 4.74. The van der Waals surface area contributed by atoms with Gasteiger partial charge >= 0.3 is 12.1 Å². The Balaban J connectivity index is 1.25. The second-order valence-corrected chi connectivity index (χ2v) is 15.2. The molecule has 44 heavy (non-hydrogen) atoms. The van der Waals surface area contributed by atoms with Crippen molar-refractivity contribution in [1.29, 1.82) is 0 Å². The third-order valence-corrected chi connectivity index (χ3v) is 11.1. The van der Waals surface area contributed by atoms with Crippen molar-refractivity contribution in [2.45, 2.75) is 44.8 Å². The Morgan fingerprint density at radius 2 is 1.27 bits per heavy atom. The number of alkyl carbamates (subject to hydrolysis) is 1. The fourth-order valence-electron chi connectivity index (χ4n) is 5.22. The fourth-order valence-corrected chi connectivity index (χ4v) is 9.16. The van der Waals surface area contributed by atoms with Crippen LogP contribution in [0.25, 0.3) is 11.1 Å². The Bertz CT molecular complexity index is 1500. The number of hydrogen-bond donors (Lipinski definition) is 1. The van der Waals surface area contributed by atoms with E-state index in [1.165, 1.54) is 11.8 Å². The van der Waals surface area contributed by atoms with Crippen LogP contribution in [-0.4, -0.2) is 40.9 Å². The highest BCUT2D eigenvalue weighted by Crippen LogP contribution is 2.44. The maximum atomic E-state index is 13.3. The number of thioether (sulfide) groups is 1. The van der Waals surface area contributed by atoms with Gasteiger partial charge in [0.25, 0.3) is 0 Å². The van der Waals surface area contributed by atoms with E-state index in [9.17, 15) is 14.4 Å². The lowest BCUT2D eigenvalue weighted by Gasteiger charge is -2.24. The van der Waals surface area contributed by atoms with Gasteiger partial charge in [-0.05, 0) is 61.6 Å². The standard InChI is InChI=1S/C36H36NO5PS/c1-36(2,3)42-34(39)32(22-33(38)44-24-43(25-14-6-4-7-15-25)26-16-8-5-9-17-26)37-35(40)41-23-31-29-20-12-10-18-27(29)28-19-11-13-21-30(28)31/h4-21,31-32H,22-24H2,1-3H3,(H,37,40)/t32-/m0/s1. The lowest BCUT2D eigenvalue weighted by Crippen LogP contribution is -2.45. The smallest absolute Gasteiger partial charge is 0.407 e. The Hall–Kier alpha value is -3.93. The van der Waals surface area contributed by atoms with E-state index < -0.39 is 31.6 Å². The summed E-state index contributed by atoms with van der Waals surface area (Å²) in [6.45, 7) is 5.35. The van der Waals surface area contributed by atoms with E-state index in [1.807, 2.05) is 72.8 Å². The molecular weight excluding hydrogens is 589 g/mol. The van der Waals surface area contributed by atoms with Crippen LogP contribution >= 0.6 is 19.7 Å². The minimum absolute atomic E-state index is 0.0992. The minimum atomic E-state index is -1.18. The van der Waals surface area contributed by atoms with Crippen LogP contribution in [0, 0.1) is 0 Å². The highest BCUT2D eigenvalue weighted by molar-refractivity contribution is 8.18. The number of rotatable bonds is 10. The lowest BCUT2D eigenvalue weighted by molar-refractivity contribution is -0.158. The van der Waals surface area contributed by atoms with Crippen molar-refractivity contribution in [2.24, 2.45) is 0 Å². The van der Waals surface area contributed by atoms with Crippen LogP contribution in [0.2, 0.25) is 0 Å². The first kappa shape index (κ1) is 31.5. The maximum absolute atomic E-state index is 13.3. The monoisotopic (exact) mass is 625 g/mol. The van der Waals surface area contributed by atoms with E-state index in [2.05, 4.69) is 41.7 Å². The first-order valence-corrected chi connectivity index (χ1v) is 17.1. The molecule has 0 heterocycles. The summed E-state index contributed by atoms with van der Waals surface area (Å²) in [7, 11) is -0.802. The number of amides is 1. The van der Waals surface area contributed by atoms with Crippen molar-refractivity contribution in [3.8, 4) is 11.1 Å². The normalized spacial score (nSPS) is 13.1. The molecule has 1 N–H and O–H groups in total. The van der Waals surface area contributed by atoms with E-state index in [0.29, 0.717) is 5.49 Å². The molecule has 0 saturated carbocycles. The second-order valence-electron chi connectivity index (χ2n) is 11.5. The van der Waals surface area contributed by atoms with E-state index in [4.69, 9.17) is 9.47 Å². The van der Waals surface area contributed by atoms with Gasteiger partial charge in [-0.1, -0.05) is 121 Å². The van der Waals surface area contributed by atoms with Gasteiger partial charge in [-0.25, -0.2) is 9.59 Å². The first-order valence-electron chi connectivity index (χ1n) is 14.6. The molecule has 8 heteroatoms. The molecule has 0 fully saturated rings. The Labute approximate surface area is 264 Å². The number of benzene rings is 4. The van der Waals surface area contributed by atoms with E-state index in [1.54, 1.807) is 20.8 Å². The molecule has 5 rings (SSSR count). The number of esters is 1. The topological polar surface area (TPSA) is 81.7 Å². The molecule has 226 valence electrons. The van der Waals surface area contributed by atoms with Gasteiger partial charge in [0.05, 0.1) is 0 Å². The number of hydrogen-bond acceptors (Lipinski definition) is 6. The number of nitrogens with one attached hydrogen (secondary N) is 1. The molecule has 1 atom stereocenters. The molecule has 1 amide bonds. The summed E-state index contributed by atoms with van der Waals surface area (Å²) in [5.41, 5.74) is 4.18. The summed E-state index contributed by atoms with van der Waals surface area (Å²) in [5.74, 6) is -0.797. The van der Waals surface area contributed by atoms with Gasteiger partial charge in [-0.15, -0.1) is 0 Å². The summed E-state index contributed by atoms with van der Waals surface area (Å²) < 4.78 is 11.2. The number of fused-ring (bicyclic) bond motifs is 3. The zero-order valence-electron chi connectivity index (χ0n) is 25.1. The average Bonchev–Trinajstić information content (AvgIpc) is 3.33. The SMILES string of the molecule is CC(C)(C)OC(=O)[C@H](CC(=O)SCP(c1ccccc1)c1ccccc1)NC(=O)OCC1c2ccccc2-c2ccccc21. The summed E-state index contributed by atoms with van der Waals surface area (Å²) in [6, 6.07) is 35.2. The van der Waals surface area contributed by atoms with Crippen LogP contribution in [0.4, 0.5) is 4.79 Å². The molecule has 0 bridgehead atoms. The molecule has 0 aliphatic heterocycles. The second kappa shape index (κ2) is 14.2. The zero-order chi connectivity index (χ0) is 31.1. The van der Waals surface area contributed by atoms with Crippen molar-refractivity contribution >= 4 is 47.5 Å². The summed E-state index contributed by atoms with van der Waals surface area (Å²) in [6.07, 6.45) is -0.979. The van der Waals surface area contributed by atoms with Crippen LogP contribution in [0.5, 0.6) is 0 Å². The predicted molar refractivity (Wildman–Crippen MR) is 179 cm³/mol. The Morgan fingerprint density at radius 1 is 0.773 bits per heavy atom. The molecule has 0 unspecified atom stereocenters. The van der Waals surface area contributed by atoms with E-state index in [-0.39, 0.29) is 24.1 Å². The van der Waals surface area contributed by atoms with Gasteiger partial charge in [0.1, 0.15) is 18.2 Å². The number of carbonyl (C=O) groups is 3. The zero-order valence-corrected chi connectivity index (χ0v) is 26.8.